The van der Waals surface area contributed by atoms with Gasteiger partial charge in [-0.05, 0) is 36.3 Å². The van der Waals surface area contributed by atoms with Crippen LogP contribution in [0.2, 0.25) is 0 Å². The van der Waals surface area contributed by atoms with Crippen molar-refractivity contribution in [3.05, 3.63) is 36.7 Å². The van der Waals surface area contributed by atoms with E-state index >= 15 is 0 Å². The van der Waals surface area contributed by atoms with Gasteiger partial charge in [-0.25, -0.2) is 0 Å². The highest BCUT2D eigenvalue weighted by atomic mass is 14.9. The number of pyridine rings is 1. The van der Waals surface area contributed by atoms with Gasteiger partial charge in [0.1, 0.15) is 0 Å². The molecule has 1 aliphatic carbocycles. The largest absolute Gasteiger partial charge is 0.381 e. The van der Waals surface area contributed by atoms with Gasteiger partial charge in [0, 0.05) is 29.5 Å². The van der Waals surface area contributed by atoms with Gasteiger partial charge in [0.25, 0.3) is 0 Å². The molecule has 0 radical (unpaired) electrons. The predicted octanol–water partition coefficient (Wildman–Crippen LogP) is 3.84. The number of hydrogen-bond acceptors (Lipinski definition) is 2. The Hall–Kier alpha value is -1.57. The van der Waals surface area contributed by atoms with Gasteiger partial charge in [0.05, 0.1) is 0 Å². The van der Waals surface area contributed by atoms with Crippen LogP contribution in [0, 0.1) is 5.92 Å². The molecule has 1 N–H and O–H groups in total. The van der Waals surface area contributed by atoms with Gasteiger partial charge in [-0.2, -0.15) is 0 Å². The summed E-state index contributed by atoms with van der Waals surface area (Å²) < 4.78 is 0. The van der Waals surface area contributed by atoms with Gasteiger partial charge in [-0.1, -0.05) is 25.5 Å². The first kappa shape index (κ1) is 10.6. The first-order valence-corrected chi connectivity index (χ1v) is 6.44. The van der Waals surface area contributed by atoms with Gasteiger partial charge < -0.3 is 5.32 Å². The molecular weight excluding hydrogens is 208 g/mol. The number of anilines is 1. The molecule has 88 valence electrons. The fraction of sp³-hybridized carbons (Fsp3) is 0.400. The average molecular weight is 226 g/mol. The third-order valence-electron chi connectivity index (χ3n) is 3.89. The first-order valence-electron chi connectivity index (χ1n) is 6.44. The predicted molar refractivity (Wildman–Crippen MR) is 72.2 cm³/mol. The molecule has 3 rings (SSSR count). The Morgan fingerprint density at radius 1 is 1.24 bits per heavy atom. The SMILES string of the molecule is CC1CCCC1Nc1cccc2ccncc12. The third-order valence-corrected chi connectivity index (χ3v) is 3.89. The van der Waals surface area contributed by atoms with Gasteiger partial charge in [0.15, 0.2) is 0 Å². The molecule has 1 heterocycles. The topological polar surface area (TPSA) is 24.9 Å². The number of nitrogens with zero attached hydrogens (tertiary/aromatic N) is 1. The van der Waals surface area contributed by atoms with Crippen molar-refractivity contribution in [3.8, 4) is 0 Å². The second kappa shape index (κ2) is 4.36. The molecule has 17 heavy (non-hydrogen) atoms. The van der Waals surface area contributed by atoms with Crippen molar-refractivity contribution in [3.63, 3.8) is 0 Å². The van der Waals surface area contributed by atoms with E-state index in [1.165, 1.54) is 35.7 Å². The fourth-order valence-corrected chi connectivity index (χ4v) is 2.80. The lowest BCUT2D eigenvalue weighted by atomic mass is 10.0. The lowest BCUT2D eigenvalue weighted by molar-refractivity contribution is 0.557. The van der Waals surface area contributed by atoms with E-state index in [1.54, 1.807) is 0 Å². The van der Waals surface area contributed by atoms with E-state index in [4.69, 9.17) is 0 Å². The first-order chi connectivity index (χ1) is 8.34. The zero-order chi connectivity index (χ0) is 11.7. The molecular formula is C15H18N2. The van der Waals surface area contributed by atoms with Crippen molar-refractivity contribution in [2.24, 2.45) is 5.92 Å². The van der Waals surface area contributed by atoms with Crippen molar-refractivity contribution in [2.45, 2.75) is 32.2 Å². The van der Waals surface area contributed by atoms with Crippen molar-refractivity contribution in [1.29, 1.82) is 0 Å². The molecule has 1 saturated carbocycles. The molecule has 0 aliphatic heterocycles. The summed E-state index contributed by atoms with van der Waals surface area (Å²) in [6, 6.07) is 9.11. The Labute approximate surface area is 102 Å². The van der Waals surface area contributed by atoms with E-state index < -0.39 is 0 Å². The van der Waals surface area contributed by atoms with Crippen LogP contribution in [-0.4, -0.2) is 11.0 Å². The van der Waals surface area contributed by atoms with Gasteiger partial charge in [-0.15, -0.1) is 0 Å². The van der Waals surface area contributed by atoms with Crippen molar-refractivity contribution in [1.82, 2.24) is 4.98 Å². The quantitative estimate of drug-likeness (QED) is 0.841. The molecule has 2 aromatic rings. The highest BCUT2D eigenvalue weighted by Crippen LogP contribution is 2.30. The number of fused-ring (bicyclic) bond motifs is 1. The zero-order valence-corrected chi connectivity index (χ0v) is 10.2. The molecule has 1 aromatic heterocycles. The highest BCUT2D eigenvalue weighted by molar-refractivity contribution is 5.93. The Balaban J connectivity index is 1.94. The summed E-state index contributed by atoms with van der Waals surface area (Å²) in [7, 11) is 0. The molecule has 1 aromatic carbocycles. The summed E-state index contributed by atoms with van der Waals surface area (Å²) in [6.07, 6.45) is 7.79. The van der Waals surface area contributed by atoms with Gasteiger partial charge in [-0.3, -0.25) is 4.98 Å². The van der Waals surface area contributed by atoms with Crippen LogP contribution < -0.4 is 5.32 Å². The smallest absolute Gasteiger partial charge is 0.0437 e. The van der Waals surface area contributed by atoms with E-state index in [1.807, 2.05) is 12.4 Å². The minimum absolute atomic E-state index is 0.626. The Morgan fingerprint density at radius 3 is 3.00 bits per heavy atom. The maximum Gasteiger partial charge on any atom is 0.0437 e. The maximum atomic E-state index is 4.23. The molecule has 0 amide bonds. The second-order valence-electron chi connectivity index (χ2n) is 5.06. The summed E-state index contributed by atoms with van der Waals surface area (Å²) in [5.41, 5.74) is 1.23. The van der Waals surface area contributed by atoms with E-state index in [0.717, 1.165) is 5.92 Å². The summed E-state index contributed by atoms with van der Waals surface area (Å²) in [5, 5.41) is 6.18. The Morgan fingerprint density at radius 2 is 2.18 bits per heavy atom. The monoisotopic (exact) mass is 226 g/mol. The lowest BCUT2D eigenvalue weighted by Gasteiger charge is -2.19. The standard InChI is InChI=1S/C15H18N2/c1-11-4-2-6-14(11)17-15-7-3-5-12-8-9-16-10-13(12)15/h3,5,7-11,14,17H,2,4,6H2,1H3. The normalized spacial score (nSPS) is 24.1. The van der Waals surface area contributed by atoms with Crippen molar-refractivity contribution in [2.75, 3.05) is 5.32 Å². The Kier molecular flexibility index (Phi) is 2.71. The van der Waals surface area contributed by atoms with E-state index in [9.17, 15) is 0 Å². The van der Waals surface area contributed by atoms with Crippen LogP contribution in [0.15, 0.2) is 36.7 Å². The molecule has 0 saturated heterocycles. The van der Waals surface area contributed by atoms with Crippen LogP contribution in [-0.2, 0) is 0 Å². The number of aromatic nitrogens is 1. The highest BCUT2D eigenvalue weighted by Gasteiger charge is 2.23. The number of hydrogen-bond donors (Lipinski definition) is 1. The van der Waals surface area contributed by atoms with Crippen molar-refractivity contribution >= 4 is 16.5 Å². The zero-order valence-electron chi connectivity index (χ0n) is 10.2. The minimum atomic E-state index is 0.626. The second-order valence-corrected chi connectivity index (χ2v) is 5.06. The van der Waals surface area contributed by atoms with E-state index in [2.05, 4.69) is 41.5 Å². The molecule has 0 spiro atoms. The average Bonchev–Trinajstić information content (AvgIpc) is 2.76. The molecule has 2 heteroatoms. The van der Waals surface area contributed by atoms with Crippen LogP contribution >= 0.6 is 0 Å². The molecule has 1 aliphatic rings. The molecule has 2 unspecified atom stereocenters. The van der Waals surface area contributed by atoms with Crippen LogP contribution in [0.3, 0.4) is 0 Å². The number of nitrogens with one attached hydrogen (secondary N) is 1. The van der Waals surface area contributed by atoms with E-state index in [0.29, 0.717) is 6.04 Å². The molecule has 2 atom stereocenters. The lowest BCUT2D eigenvalue weighted by Crippen LogP contribution is -2.21. The summed E-state index contributed by atoms with van der Waals surface area (Å²) in [6.45, 7) is 2.34. The number of rotatable bonds is 2. The van der Waals surface area contributed by atoms with Crippen LogP contribution in [0.5, 0.6) is 0 Å². The van der Waals surface area contributed by atoms with Crippen molar-refractivity contribution < 1.29 is 0 Å². The third kappa shape index (κ3) is 1.99. The van der Waals surface area contributed by atoms with Crippen LogP contribution in [0.1, 0.15) is 26.2 Å². The van der Waals surface area contributed by atoms with E-state index in [-0.39, 0.29) is 0 Å². The van der Waals surface area contributed by atoms with Crippen LogP contribution in [0.25, 0.3) is 10.8 Å². The number of benzene rings is 1. The van der Waals surface area contributed by atoms with Gasteiger partial charge in [0.2, 0.25) is 0 Å². The van der Waals surface area contributed by atoms with Crippen LogP contribution in [0.4, 0.5) is 5.69 Å². The van der Waals surface area contributed by atoms with Gasteiger partial charge >= 0.3 is 0 Å². The molecule has 1 fully saturated rings. The minimum Gasteiger partial charge on any atom is -0.381 e. The maximum absolute atomic E-state index is 4.23. The summed E-state index contributed by atoms with van der Waals surface area (Å²) >= 11 is 0. The molecule has 2 nitrogen and oxygen atoms in total. The Bertz CT molecular complexity index is 516. The summed E-state index contributed by atoms with van der Waals surface area (Å²) in [4.78, 5) is 4.23. The summed E-state index contributed by atoms with van der Waals surface area (Å²) in [5.74, 6) is 0.780. The molecule has 0 bridgehead atoms. The fourth-order valence-electron chi connectivity index (χ4n) is 2.80.